The number of aryl methyl sites for hydroxylation is 1. The summed E-state index contributed by atoms with van der Waals surface area (Å²) < 4.78 is 1.11. The molecule has 1 fully saturated rings. The Morgan fingerprint density at radius 2 is 1.50 bits per heavy atom. The molecule has 2 aromatic carbocycles. The molecule has 0 aliphatic carbocycles. The summed E-state index contributed by atoms with van der Waals surface area (Å²) >= 11 is 3.47. The highest BCUT2D eigenvalue weighted by atomic mass is 79.9. The molecule has 1 heterocycles. The van der Waals surface area contributed by atoms with E-state index in [9.17, 15) is 4.79 Å². The van der Waals surface area contributed by atoms with Gasteiger partial charge in [0.2, 0.25) is 5.91 Å². The van der Waals surface area contributed by atoms with E-state index in [1.165, 1.54) is 11.1 Å². The molecule has 0 atom stereocenters. The molecule has 3 rings (SSSR count). The minimum absolute atomic E-state index is 0.238. The second-order valence-electron chi connectivity index (χ2n) is 6.45. The predicted octanol–water partition coefficient (Wildman–Crippen LogP) is 3.64. The molecule has 2 aromatic rings. The van der Waals surface area contributed by atoms with Crippen molar-refractivity contribution in [2.24, 2.45) is 0 Å². The summed E-state index contributed by atoms with van der Waals surface area (Å²) in [5.74, 6) is 0.238. The average Bonchev–Trinajstić information content (AvgIpc) is 2.59. The Bertz CT molecular complexity index is 674. The number of piperazine rings is 1. The number of hydrogen-bond acceptors (Lipinski definition) is 2. The number of benzene rings is 2. The number of hydrogen-bond donors (Lipinski definition) is 0. The Kier molecular flexibility index (Phi) is 5.69. The summed E-state index contributed by atoms with van der Waals surface area (Å²) in [4.78, 5) is 16.9. The highest BCUT2D eigenvalue weighted by molar-refractivity contribution is 9.10. The molecule has 126 valence electrons. The van der Waals surface area contributed by atoms with Crippen LogP contribution < -0.4 is 0 Å². The van der Waals surface area contributed by atoms with Gasteiger partial charge in [-0.25, -0.2) is 0 Å². The summed E-state index contributed by atoms with van der Waals surface area (Å²) in [5, 5.41) is 0. The first kappa shape index (κ1) is 17.2. The van der Waals surface area contributed by atoms with E-state index in [1.54, 1.807) is 0 Å². The molecule has 0 bridgehead atoms. The fraction of sp³-hybridized carbons (Fsp3) is 0.350. The molecule has 0 aromatic heterocycles. The van der Waals surface area contributed by atoms with Crippen molar-refractivity contribution in [2.45, 2.75) is 19.9 Å². The van der Waals surface area contributed by atoms with Crippen molar-refractivity contribution < 1.29 is 4.79 Å². The maximum Gasteiger partial charge on any atom is 0.227 e. The van der Waals surface area contributed by atoms with Gasteiger partial charge in [0.15, 0.2) is 0 Å². The van der Waals surface area contributed by atoms with E-state index >= 15 is 0 Å². The molecule has 1 aliphatic heterocycles. The molecule has 1 saturated heterocycles. The first-order valence-electron chi connectivity index (χ1n) is 8.40. The SMILES string of the molecule is Cc1ccc(CC(=O)N2CCN(Cc3ccc(Br)cc3)CC2)cc1. The van der Waals surface area contributed by atoms with Gasteiger partial charge in [-0.1, -0.05) is 57.9 Å². The van der Waals surface area contributed by atoms with E-state index in [0.29, 0.717) is 6.42 Å². The number of amides is 1. The van der Waals surface area contributed by atoms with Gasteiger partial charge in [-0.3, -0.25) is 9.69 Å². The van der Waals surface area contributed by atoms with Gasteiger partial charge in [0.05, 0.1) is 6.42 Å². The molecule has 0 radical (unpaired) electrons. The Morgan fingerprint density at radius 1 is 0.917 bits per heavy atom. The van der Waals surface area contributed by atoms with Crippen LogP contribution in [0.2, 0.25) is 0 Å². The van der Waals surface area contributed by atoms with E-state index < -0.39 is 0 Å². The van der Waals surface area contributed by atoms with Gasteiger partial charge in [-0.15, -0.1) is 0 Å². The minimum Gasteiger partial charge on any atom is -0.340 e. The maximum atomic E-state index is 12.5. The molecule has 0 N–H and O–H groups in total. The molecule has 0 unspecified atom stereocenters. The Balaban J connectivity index is 1.48. The normalized spacial score (nSPS) is 15.5. The zero-order chi connectivity index (χ0) is 16.9. The van der Waals surface area contributed by atoms with Crippen molar-refractivity contribution >= 4 is 21.8 Å². The van der Waals surface area contributed by atoms with E-state index in [2.05, 4.69) is 76.3 Å². The van der Waals surface area contributed by atoms with Crippen LogP contribution in [0.25, 0.3) is 0 Å². The van der Waals surface area contributed by atoms with Gasteiger partial charge in [-0.2, -0.15) is 0 Å². The predicted molar refractivity (Wildman–Crippen MR) is 101 cm³/mol. The maximum absolute atomic E-state index is 12.5. The largest absolute Gasteiger partial charge is 0.340 e. The van der Waals surface area contributed by atoms with Crippen molar-refractivity contribution in [1.82, 2.24) is 9.80 Å². The van der Waals surface area contributed by atoms with Gasteiger partial charge in [0.25, 0.3) is 0 Å². The van der Waals surface area contributed by atoms with Gasteiger partial charge >= 0.3 is 0 Å². The third-order valence-electron chi connectivity index (χ3n) is 4.52. The lowest BCUT2D eigenvalue weighted by Crippen LogP contribution is -2.48. The summed E-state index contributed by atoms with van der Waals surface area (Å²) in [6.07, 6.45) is 0.507. The lowest BCUT2D eigenvalue weighted by molar-refractivity contribution is -0.132. The number of rotatable bonds is 4. The summed E-state index contributed by atoms with van der Waals surface area (Å²) in [6, 6.07) is 16.7. The Morgan fingerprint density at radius 3 is 2.12 bits per heavy atom. The van der Waals surface area contributed by atoms with E-state index in [4.69, 9.17) is 0 Å². The van der Waals surface area contributed by atoms with Crippen LogP contribution in [0.15, 0.2) is 53.0 Å². The van der Waals surface area contributed by atoms with E-state index in [1.807, 2.05) is 4.90 Å². The quantitative estimate of drug-likeness (QED) is 0.800. The third kappa shape index (κ3) is 4.68. The van der Waals surface area contributed by atoms with Crippen molar-refractivity contribution in [3.05, 3.63) is 69.7 Å². The van der Waals surface area contributed by atoms with Crippen molar-refractivity contribution in [3.63, 3.8) is 0 Å². The van der Waals surface area contributed by atoms with Crippen molar-refractivity contribution in [3.8, 4) is 0 Å². The van der Waals surface area contributed by atoms with Gasteiger partial charge in [0.1, 0.15) is 0 Å². The van der Waals surface area contributed by atoms with Gasteiger partial charge in [0, 0.05) is 37.2 Å². The first-order chi connectivity index (χ1) is 11.6. The molecular formula is C20H23BrN2O. The highest BCUT2D eigenvalue weighted by Crippen LogP contribution is 2.14. The minimum atomic E-state index is 0.238. The van der Waals surface area contributed by atoms with Crippen LogP contribution in [-0.2, 0) is 17.8 Å². The van der Waals surface area contributed by atoms with E-state index in [0.717, 1.165) is 42.8 Å². The zero-order valence-electron chi connectivity index (χ0n) is 14.0. The average molecular weight is 387 g/mol. The van der Waals surface area contributed by atoms with Crippen LogP contribution in [0.5, 0.6) is 0 Å². The Hall–Kier alpha value is -1.65. The summed E-state index contributed by atoms with van der Waals surface area (Å²) in [6.45, 7) is 6.54. The fourth-order valence-corrected chi connectivity index (χ4v) is 3.26. The molecule has 0 saturated carbocycles. The lowest BCUT2D eigenvalue weighted by Gasteiger charge is -2.34. The summed E-state index contributed by atoms with van der Waals surface area (Å²) in [7, 11) is 0. The topological polar surface area (TPSA) is 23.6 Å². The molecular weight excluding hydrogens is 364 g/mol. The van der Waals surface area contributed by atoms with Crippen LogP contribution >= 0.6 is 15.9 Å². The molecule has 3 nitrogen and oxygen atoms in total. The van der Waals surface area contributed by atoms with Crippen LogP contribution in [0.4, 0.5) is 0 Å². The van der Waals surface area contributed by atoms with Crippen LogP contribution in [-0.4, -0.2) is 41.9 Å². The monoisotopic (exact) mass is 386 g/mol. The fourth-order valence-electron chi connectivity index (χ4n) is 3.00. The number of nitrogens with zero attached hydrogens (tertiary/aromatic N) is 2. The standard InChI is InChI=1S/C20H23BrN2O/c1-16-2-4-17(5-3-16)14-20(24)23-12-10-22(11-13-23)15-18-6-8-19(21)9-7-18/h2-9H,10-15H2,1H3. The van der Waals surface area contributed by atoms with Gasteiger partial charge in [-0.05, 0) is 30.2 Å². The second kappa shape index (κ2) is 7.95. The zero-order valence-corrected chi connectivity index (χ0v) is 15.6. The Labute approximate surface area is 152 Å². The molecule has 1 aliphatic rings. The second-order valence-corrected chi connectivity index (χ2v) is 7.36. The molecule has 1 amide bonds. The number of carbonyl (C=O) groups excluding carboxylic acids is 1. The highest BCUT2D eigenvalue weighted by Gasteiger charge is 2.21. The van der Waals surface area contributed by atoms with Crippen LogP contribution in [0.1, 0.15) is 16.7 Å². The first-order valence-corrected chi connectivity index (χ1v) is 9.19. The number of halogens is 1. The molecule has 0 spiro atoms. The third-order valence-corrected chi connectivity index (χ3v) is 5.05. The lowest BCUT2D eigenvalue weighted by atomic mass is 10.1. The summed E-state index contributed by atoms with van der Waals surface area (Å²) in [5.41, 5.74) is 3.65. The van der Waals surface area contributed by atoms with Crippen molar-refractivity contribution in [1.29, 1.82) is 0 Å². The van der Waals surface area contributed by atoms with Gasteiger partial charge < -0.3 is 4.90 Å². The molecule has 24 heavy (non-hydrogen) atoms. The molecule has 4 heteroatoms. The smallest absolute Gasteiger partial charge is 0.227 e. The van der Waals surface area contributed by atoms with Crippen LogP contribution in [0.3, 0.4) is 0 Å². The van der Waals surface area contributed by atoms with E-state index in [-0.39, 0.29) is 5.91 Å². The number of carbonyl (C=O) groups is 1. The van der Waals surface area contributed by atoms with Crippen LogP contribution in [0, 0.1) is 6.92 Å². The van der Waals surface area contributed by atoms with Crippen molar-refractivity contribution in [2.75, 3.05) is 26.2 Å².